The van der Waals surface area contributed by atoms with E-state index in [1.807, 2.05) is 0 Å². The molecular weight excluding hydrogens is 279 g/mol. The Morgan fingerprint density at radius 2 is 1.90 bits per heavy atom. The van der Waals surface area contributed by atoms with Crippen LogP contribution in [0.1, 0.15) is 17.4 Å². The molecule has 0 fully saturated rings. The smallest absolute Gasteiger partial charge is 0.241 e. The lowest BCUT2D eigenvalue weighted by Crippen LogP contribution is -2.08. The van der Waals surface area contributed by atoms with E-state index < -0.39 is 11.9 Å². The van der Waals surface area contributed by atoms with E-state index in [0.29, 0.717) is 5.56 Å². The summed E-state index contributed by atoms with van der Waals surface area (Å²) in [5.41, 5.74) is 0.480. The third kappa shape index (κ3) is 3.03. The van der Waals surface area contributed by atoms with Crippen LogP contribution in [0.15, 0.2) is 24.4 Å². The van der Waals surface area contributed by atoms with Crippen molar-refractivity contribution in [3.63, 3.8) is 0 Å². The molecule has 1 heterocycles. The van der Waals surface area contributed by atoms with Gasteiger partial charge in [-0.3, -0.25) is 0 Å². The van der Waals surface area contributed by atoms with Gasteiger partial charge in [-0.2, -0.15) is 4.98 Å². The van der Waals surface area contributed by atoms with Gasteiger partial charge in [0.25, 0.3) is 0 Å². The third-order valence-electron chi connectivity index (χ3n) is 2.90. The minimum absolute atomic E-state index is 0.0960. The number of methoxy groups -OCH3 is 3. The zero-order valence-corrected chi connectivity index (χ0v) is 11.8. The predicted octanol–water partition coefficient (Wildman–Crippen LogP) is 1.72. The summed E-state index contributed by atoms with van der Waals surface area (Å²) >= 11 is 0. The topological polar surface area (TPSA) is 73.7 Å². The number of aliphatic hydroxyl groups excluding tert-OH is 1. The van der Waals surface area contributed by atoms with Crippen molar-refractivity contribution in [3.05, 3.63) is 41.5 Å². The lowest BCUT2D eigenvalue weighted by molar-refractivity contribution is 0.206. The van der Waals surface area contributed by atoms with Crippen LogP contribution in [-0.4, -0.2) is 36.4 Å². The fraction of sp³-hybridized carbons (Fsp3) is 0.286. The number of nitrogens with zero attached hydrogens (tertiary/aromatic N) is 2. The number of ether oxygens (including phenoxy) is 3. The highest BCUT2D eigenvalue weighted by Gasteiger charge is 2.20. The molecule has 0 spiro atoms. The van der Waals surface area contributed by atoms with E-state index in [9.17, 15) is 9.50 Å². The SMILES string of the molecule is COc1cnc(C(O)c2ccc(OC)c(F)c2)c(OC)n1. The molecule has 0 aliphatic carbocycles. The van der Waals surface area contributed by atoms with Gasteiger partial charge in [-0.25, -0.2) is 9.37 Å². The summed E-state index contributed by atoms with van der Waals surface area (Å²) in [7, 11) is 4.21. The molecule has 1 aromatic heterocycles. The summed E-state index contributed by atoms with van der Waals surface area (Å²) in [4.78, 5) is 8.08. The number of benzene rings is 1. The van der Waals surface area contributed by atoms with Crippen LogP contribution in [0.3, 0.4) is 0 Å². The summed E-state index contributed by atoms with van der Waals surface area (Å²) in [6.45, 7) is 0. The molecule has 1 unspecified atom stereocenters. The molecule has 0 aliphatic heterocycles. The Hall–Kier alpha value is -2.41. The molecule has 7 heteroatoms. The lowest BCUT2D eigenvalue weighted by atomic mass is 10.1. The fourth-order valence-corrected chi connectivity index (χ4v) is 1.81. The number of hydrogen-bond acceptors (Lipinski definition) is 6. The maximum absolute atomic E-state index is 13.7. The van der Waals surface area contributed by atoms with Crippen molar-refractivity contribution in [1.82, 2.24) is 9.97 Å². The molecule has 21 heavy (non-hydrogen) atoms. The molecule has 0 amide bonds. The maximum atomic E-state index is 13.7. The van der Waals surface area contributed by atoms with Gasteiger partial charge in [-0.15, -0.1) is 0 Å². The molecule has 112 valence electrons. The normalized spacial score (nSPS) is 11.9. The number of hydrogen-bond donors (Lipinski definition) is 1. The first-order valence-electron chi connectivity index (χ1n) is 6.07. The van der Waals surface area contributed by atoms with Gasteiger partial charge < -0.3 is 19.3 Å². The molecule has 0 saturated carbocycles. The molecule has 1 aromatic carbocycles. The van der Waals surface area contributed by atoms with Gasteiger partial charge in [0.15, 0.2) is 11.6 Å². The summed E-state index contributed by atoms with van der Waals surface area (Å²) in [5, 5.41) is 10.3. The first-order chi connectivity index (χ1) is 10.1. The molecule has 2 rings (SSSR count). The van der Waals surface area contributed by atoms with Crippen LogP contribution in [0.4, 0.5) is 4.39 Å². The minimum Gasteiger partial charge on any atom is -0.494 e. The predicted molar refractivity (Wildman–Crippen MR) is 72.1 cm³/mol. The quantitative estimate of drug-likeness (QED) is 0.905. The van der Waals surface area contributed by atoms with Crippen LogP contribution in [-0.2, 0) is 0 Å². The van der Waals surface area contributed by atoms with Crippen LogP contribution in [0, 0.1) is 5.82 Å². The van der Waals surface area contributed by atoms with Crippen molar-refractivity contribution in [2.24, 2.45) is 0 Å². The van der Waals surface area contributed by atoms with Crippen LogP contribution < -0.4 is 14.2 Å². The second kappa shape index (κ2) is 6.36. The van der Waals surface area contributed by atoms with Crippen molar-refractivity contribution >= 4 is 0 Å². The largest absolute Gasteiger partial charge is 0.494 e. The second-order valence-electron chi connectivity index (χ2n) is 4.10. The lowest BCUT2D eigenvalue weighted by Gasteiger charge is -2.14. The zero-order valence-electron chi connectivity index (χ0n) is 11.8. The van der Waals surface area contributed by atoms with E-state index in [4.69, 9.17) is 14.2 Å². The monoisotopic (exact) mass is 294 g/mol. The first-order valence-corrected chi connectivity index (χ1v) is 6.07. The van der Waals surface area contributed by atoms with Crippen molar-refractivity contribution in [3.8, 4) is 17.5 Å². The van der Waals surface area contributed by atoms with E-state index in [1.165, 1.54) is 45.7 Å². The van der Waals surface area contributed by atoms with Gasteiger partial charge in [0.05, 0.1) is 27.5 Å². The van der Waals surface area contributed by atoms with Gasteiger partial charge in [-0.05, 0) is 17.7 Å². The molecule has 2 aromatic rings. The molecule has 0 aliphatic rings. The zero-order chi connectivity index (χ0) is 15.4. The Kier molecular flexibility index (Phi) is 4.54. The Labute approximate surface area is 121 Å². The van der Waals surface area contributed by atoms with Gasteiger partial charge in [0.1, 0.15) is 11.8 Å². The fourth-order valence-electron chi connectivity index (χ4n) is 1.81. The molecule has 0 bridgehead atoms. The third-order valence-corrected chi connectivity index (χ3v) is 2.90. The molecule has 1 N–H and O–H groups in total. The number of rotatable bonds is 5. The Morgan fingerprint density at radius 1 is 1.14 bits per heavy atom. The number of aromatic nitrogens is 2. The van der Waals surface area contributed by atoms with Gasteiger partial charge in [0, 0.05) is 0 Å². The van der Waals surface area contributed by atoms with Crippen molar-refractivity contribution < 1.29 is 23.7 Å². The van der Waals surface area contributed by atoms with Crippen LogP contribution >= 0.6 is 0 Å². The highest BCUT2D eigenvalue weighted by molar-refractivity contribution is 5.36. The van der Waals surface area contributed by atoms with Crippen LogP contribution in [0.2, 0.25) is 0 Å². The van der Waals surface area contributed by atoms with Crippen molar-refractivity contribution in [2.45, 2.75) is 6.10 Å². The molecule has 0 radical (unpaired) electrons. The van der Waals surface area contributed by atoms with Gasteiger partial charge >= 0.3 is 0 Å². The first kappa shape index (κ1) is 15.0. The van der Waals surface area contributed by atoms with E-state index in [0.717, 1.165) is 0 Å². The summed E-state index contributed by atoms with van der Waals surface area (Å²) in [5.74, 6) is -0.116. The standard InChI is InChI=1S/C14H15FN2O4/c1-19-10-5-4-8(6-9(10)15)13(18)12-14(21-3)17-11(20-2)7-16-12/h4-7,13,18H,1-3H3. The van der Waals surface area contributed by atoms with Crippen molar-refractivity contribution in [1.29, 1.82) is 0 Å². The average molecular weight is 294 g/mol. The second-order valence-corrected chi connectivity index (χ2v) is 4.10. The van der Waals surface area contributed by atoms with E-state index in [2.05, 4.69) is 9.97 Å². The molecule has 6 nitrogen and oxygen atoms in total. The summed E-state index contributed by atoms with van der Waals surface area (Å²) < 4.78 is 28.5. The van der Waals surface area contributed by atoms with Gasteiger partial charge in [-0.1, -0.05) is 6.07 Å². The van der Waals surface area contributed by atoms with E-state index in [1.54, 1.807) is 0 Å². The highest BCUT2D eigenvalue weighted by Crippen LogP contribution is 2.30. The van der Waals surface area contributed by atoms with Crippen molar-refractivity contribution in [2.75, 3.05) is 21.3 Å². The Morgan fingerprint density at radius 3 is 2.48 bits per heavy atom. The Bertz CT molecular complexity index is 636. The van der Waals surface area contributed by atoms with E-state index >= 15 is 0 Å². The number of halogens is 1. The minimum atomic E-state index is -1.18. The molecular formula is C14H15FN2O4. The highest BCUT2D eigenvalue weighted by atomic mass is 19.1. The summed E-state index contributed by atoms with van der Waals surface area (Å²) in [6.07, 6.45) is 0.166. The molecule has 1 atom stereocenters. The van der Waals surface area contributed by atoms with Crippen LogP contribution in [0.25, 0.3) is 0 Å². The number of aliphatic hydroxyl groups is 1. The average Bonchev–Trinajstić information content (AvgIpc) is 2.53. The molecule has 0 saturated heterocycles. The van der Waals surface area contributed by atoms with Gasteiger partial charge in [0.2, 0.25) is 11.8 Å². The van der Waals surface area contributed by atoms with E-state index in [-0.39, 0.29) is 23.2 Å². The maximum Gasteiger partial charge on any atom is 0.241 e. The Balaban J connectivity index is 2.39. The summed E-state index contributed by atoms with van der Waals surface area (Å²) in [6, 6.07) is 4.14. The van der Waals surface area contributed by atoms with Crippen LogP contribution in [0.5, 0.6) is 17.5 Å².